The van der Waals surface area contributed by atoms with Crippen LogP contribution in [0, 0.1) is 0 Å². The molecule has 0 fully saturated rings. The monoisotopic (exact) mass is 352 g/mol. The summed E-state index contributed by atoms with van der Waals surface area (Å²) in [6.07, 6.45) is 3.62. The van der Waals surface area contributed by atoms with Crippen molar-refractivity contribution in [2.24, 2.45) is 0 Å². The summed E-state index contributed by atoms with van der Waals surface area (Å²) in [5, 5.41) is 12.0. The molecule has 5 heteroatoms. The zero-order valence-corrected chi connectivity index (χ0v) is 14.7. The van der Waals surface area contributed by atoms with Gasteiger partial charge in [0, 0.05) is 9.90 Å². The number of aliphatic carboxylic acids is 1. The van der Waals surface area contributed by atoms with E-state index in [9.17, 15) is 9.90 Å². The molecule has 2 rings (SSSR count). The number of carboxylic acid groups (broad SMARTS) is 1. The quantitative estimate of drug-likeness (QED) is 0.616. The van der Waals surface area contributed by atoms with Gasteiger partial charge in [0.15, 0.2) is 0 Å². The molecule has 0 saturated heterocycles. The molecular formula is C18H21ClO3S. The van der Waals surface area contributed by atoms with Gasteiger partial charge in [-0.3, -0.25) is 4.79 Å². The van der Waals surface area contributed by atoms with E-state index in [1.54, 1.807) is 12.1 Å². The molecule has 1 aromatic carbocycles. The average Bonchev–Trinajstić information content (AvgIpc) is 3.04. The minimum Gasteiger partial charge on any atom is -0.493 e. The van der Waals surface area contributed by atoms with E-state index in [0.717, 1.165) is 35.5 Å². The predicted molar refractivity (Wildman–Crippen MR) is 94.9 cm³/mol. The number of hydrogen-bond donors (Lipinski definition) is 1. The van der Waals surface area contributed by atoms with Crippen molar-refractivity contribution in [3.8, 4) is 5.75 Å². The molecule has 124 valence electrons. The molecule has 0 radical (unpaired) electrons. The van der Waals surface area contributed by atoms with Crippen molar-refractivity contribution in [3.63, 3.8) is 0 Å². The zero-order chi connectivity index (χ0) is 16.7. The van der Waals surface area contributed by atoms with Gasteiger partial charge >= 0.3 is 5.97 Å². The number of carboxylic acids is 1. The van der Waals surface area contributed by atoms with Crippen molar-refractivity contribution < 1.29 is 14.6 Å². The molecule has 23 heavy (non-hydrogen) atoms. The van der Waals surface area contributed by atoms with Crippen LogP contribution in [0.5, 0.6) is 5.75 Å². The van der Waals surface area contributed by atoms with E-state index in [4.69, 9.17) is 16.3 Å². The third kappa shape index (κ3) is 5.26. The summed E-state index contributed by atoms with van der Waals surface area (Å²) in [6, 6.07) is 9.14. The first kappa shape index (κ1) is 17.8. The summed E-state index contributed by atoms with van der Waals surface area (Å²) >= 11 is 7.55. The molecule has 3 nitrogen and oxygen atoms in total. The number of thiophene rings is 1. The van der Waals surface area contributed by atoms with Gasteiger partial charge in [0.1, 0.15) is 5.75 Å². The fourth-order valence-corrected chi connectivity index (χ4v) is 3.42. The molecule has 0 spiro atoms. The van der Waals surface area contributed by atoms with Crippen molar-refractivity contribution in [3.05, 3.63) is 51.2 Å². The number of carbonyl (C=O) groups is 1. The molecule has 0 amide bonds. The van der Waals surface area contributed by atoms with Gasteiger partial charge in [-0.05, 0) is 48.1 Å². The van der Waals surface area contributed by atoms with Crippen LogP contribution >= 0.6 is 22.9 Å². The molecule has 1 aromatic heterocycles. The summed E-state index contributed by atoms with van der Waals surface area (Å²) in [6.45, 7) is 2.78. The molecule has 1 atom stereocenters. The van der Waals surface area contributed by atoms with Crippen LogP contribution in [0.15, 0.2) is 35.7 Å². The van der Waals surface area contributed by atoms with Crippen LogP contribution < -0.4 is 4.74 Å². The molecular weight excluding hydrogens is 332 g/mol. The largest absolute Gasteiger partial charge is 0.493 e. The van der Waals surface area contributed by atoms with Gasteiger partial charge < -0.3 is 9.84 Å². The highest BCUT2D eigenvalue weighted by molar-refractivity contribution is 7.10. The van der Waals surface area contributed by atoms with Gasteiger partial charge in [0.2, 0.25) is 0 Å². The third-order valence-corrected chi connectivity index (χ3v) is 4.86. The highest BCUT2D eigenvalue weighted by Crippen LogP contribution is 2.31. The average molecular weight is 353 g/mol. The normalized spacial score (nSPS) is 12.1. The Kier molecular flexibility index (Phi) is 6.93. The lowest BCUT2D eigenvalue weighted by Gasteiger charge is -2.15. The van der Waals surface area contributed by atoms with Gasteiger partial charge in [-0.2, -0.15) is 0 Å². The van der Waals surface area contributed by atoms with E-state index >= 15 is 0 Å². The predicted octanol–water partition coefficient (Wildman–Crippen LogP) is 5.38. The third-order valence-electron chi connectivity index (χ3n) is 3.64. The molecule has 1 unspecified atom stereocenters. The van der Waals surface area contributed by atoms with E-state index < -0.39 is 11.9 Å². The van der Waals surface area contributed by atoms with Crippen LogP contribution in [0.2, 0.25) is 5.02 Å². The molecule has 0 saturated carbocycles. The lowest BCUT2D eigenvalue weighted by molar-refractivity contribution is -0.138. The van der Waals surface area contributed by atoms with Crippen molar-refractivity contribution in [1.29, 1.82) is 0 Å². The Labute approximate surface area is 145 Å². The Morgan fingerprint density at radius 1 is 1.35 bits per heavy atom. The van der Waals surface area contributed by atoms with Crippen molar-refractivity contribution in [2.45, 2.75) is 38.5 Å². The second-order valence-electron chi connectivity index (χ2n) is 5.42. The van der Waals surface area contributed by atoms with Crippen LogP contribution in [0.25, 0.3) is 0 Å². The molecule has 0 aliphatic carbocycles. The van der Waals surface area contributed by atoms with Crippen molar-refractivity contribution in [1.82, 2.24) is 0 Å². The SMILES string of the molecule is CCCCCOc1ccc(Cl)cc1CC(C(=O)O)c1cccs1. The molecule has 1 N–H and O–H groups in total. The molecule has 2 aromatic rings. The Morgan fingerprint density at radius 2 is 2.17 bits per heavy atom. The minimum atomic E-state index is -0.829. The number of ether oxygens (including phenoxy) is 1. The Hall–Kier alpha value is -1.52. The molecule has 0 aliphatic heterocycles. The van der Waals surface area contributed by atoms with Crippen LogP contribution in [0.3, 0.4) is 0 Å². The van der Waals surface area contributed by atoms with Crippen LogP contribution in [-0.2, 0) is 11.2 Å². The van der Waals surface area contributed by atoms with Crippen molar-refractivity contribution >= 4 is 28.9 Å². The minimum absolute atomic E-state index is 0.375. The van der Waals surface area contributed by atoms with Crippen LogP contribution in [-0.4, -0.2) is 17.7 Å². The first-order valence-electron chi connectivity index (χ1n) is 7.79. The zero-order valence-electron chi connectivity index (χ0n) is 13.1. The van der Waals surface area contributed by atoms with Gasteiger partial charge in [-0.25, -0.2) is 0 Å². The second-order valence-corrected chi connectivity index (χ2v) is 6.83. The number of unbranched alkanes of at least 4 members (excludes halogenated alkanes) is 2. The fraction of sp³-hybridized carbons (Fsp3) is 0.389. The molecule has 0 bridgehead atoms. The lowest BCUT2D eigenvalue weighted by Crippen LogP contribution is -2.14. The van der Waals surface area contributed by atoms with Crippen LogP contribution in [0.1, 0.15) is 42.5 Å². The Balaban J connectivity index is 2.16. The first-order valence-corrected chi connectivity index (χ1v) is 9.05. The standard InChI is InChI=1S/C18H21ClO3S/c1-2-3-4-9-22-16-8-7-14(19)11-13(16)12-15(18(20)21)17-6-5-10-23-17/h5-8,10-11,15H,2-4,9,12H2,1H3,(H,20,21). The Bertz CT molecular complexity index is 625. The van der Waals surface area contributed by atoms with E-state index in [1.165, 1.54) is 11.3 Å². The smallest absolute Gasteiger partial charge is 0.312 e. The topological polar surface area (TPSA) is 46.5 Å². The summed E-state index contributed by atoms with van der Waals surface area (Å²) in [7, 11) is 0. The molecule has 1 heterocycles. The van der Waals surface area contributed by atoms with E-state index in [2.05, 4.69) is 6.92 Å². The first-order chi connectivity index (χ1) is 11.1. The maximum Gasteiger partial charge on any atom is 0.312 e. The summed E-state index contributed by atoms with van der Waals surface area (Å²) in [5.74, 6) is -0.677. The summed E-state index contributed by atoms with van der Waals surface area (Å²) in [4.78, 5) is 12.5. The number of halogens is 1. The summed E-state index contributed by atoms with van der Waals surface area (Å²) < 4.78 is 5.84. The van der Waals surface area contributed by atoms with E-state index in [1.807, 2.05) is 23.6 Å². The van der Waals surface area contributed by atoms with Gasteiger partial charge in [-0.1, -0.05) is 37.4 Å². The van der Waals surface area contributed by atoms with Crippen molar-refractivity contribution in [2.75, 3.05) is 6.61 Å². The van der Waals surface area contributed by atoms with Gasteiger partial charge in [0.25, 0.3) is 0 Å². The fourth-order valence-electron chi connectivity index (χ4n) is 2.40. The number of benzene rings is 1. The van der Waals surface area contributed by atoms with Gasteiger partial charge in [0.05, 0.1) is 12.5 Å². The van der Waals surface area contributed by atoms with E-state index in [-0.39, 0.29) is 0 Å². The highest BCUT2D eigenvalue weighted by atomic mass is 35.5. The second kappa shape index (κ2) is 8.94. The maximum atomic E-state index is 11.6. The number of hydrogen-bond acceptors (Lipinski definition) is 3. The maximum absolute atomic E-state index is 11.6. The number of rotatable bonds is 9. The van der Waals surface area contributed by atoms with Crippen LogP contribution in [0.4, 0.5) is 0 Å². The Morgan fingerprint density at radius 3 is 2.83 bits per heavy atom. The highest BCUT2D eigenvalue weighted by Gasteiger charge is 2.23. The van der Waals surface area contributed by atoms with Gasteiger partial charge in [-0.15, -0.1) is 11.3 Å². The lowest BCUT2D eigenvalue weighted by atomic mass is 9.97. The summed E-state index contributed by atoms with van der Waals surface area (Å²) in [5.41, 5.74) is 0.842. The molecule has 0 aliphatic rings. The van der Waals surface area contributed by atoms with E-state index in [0.29, 0.717) is 18.1 Å².